The molecule has 1 aromatic carbocycles. The molecule has 18 heavy (non-hydrogen) atoms. The molecule has 2 N–H and O–H groups in total. The SMILES string of the molecule is CCC(N)C(c1cccc(C)c1)N1CCC(C)C1. The average molecular weight is 246 g/mol. The van der Waals surface area contributed by atoms with E-state index >= 15 is 0 Å². The zero-order valence-electron chi connectivity index (χ0n) is 11.9. The number of aryl methyl sites for hydroxylation is 1. The maximum atomic E-state index is 6.38. The van der Waals surface area contributed by atoms with Crippen LogP contribution in [0, 0.1) is 12.8 Å². The first-order chi connectivity index (χ1) is 8.61. The van der Waals surface area contributed by atoms with E-state index < -0.39 is 0 Å². The highest BCUT2D eigenvalue weighted by Gasteiger charge is 2.30. The van der Waals surface area contributed by atoms with Gasteiger partial charge in [0.25, 0.3) is 0 Å². The highest BCUT2D eigenvalue weighted by Crippen LogP contribution is 2.30. The van der Waals surface area contributed by atoms with Crippen LogP contribution in [-0.2, 0) is 0 Å². The average Bonchev–Trinajstić information content (AvgIpc) is 2.76. The Kier molecular flexibility index (Phi) is 4.41. The van der Waals surface area contributed by atoms with Gasteiger partial charge in [0.2, 0.25) is 0 Å². The summed E-state index contributed by atoms with van der Waals surface area (Å²) in [6.07, 6.45) is 2.34. The van der Waals surface area contributed by atoms with Crippen molar-refractivity contribution in [3.05, 3.63) is 35.4 Å². The molecule has 0 aromatic heterocycles. The molecule has 0 radical (unpaired) electrons. The molecule has 1 aromatic rings. The van der Waals surface area contributed by atoms with E-state index in [0.29, 0.717) is 6.04 Å². The number of hydrogen-bond acceptors (Lipinski definition) is 2. The summed E-state index contributed by atoms with van der Waals surface area (Å²) in [7, 11) is 0. The van der Waals surface area contributed by atoms with E-state index in [9.17, 15) is 0 Å². The molecule has 1 aliphatic heterocycles. The normalized spacial score (nSPS) is 24.1. The van der Waals surface area contributed by atoms with Gasteiger partial charge in [-0.1, -0.05) is 43.7 Å². The maximum Gasteiger partial charge on any atom is 0.0499 e. The lowest BCUT2D eigenvalue weighted by atomic mass is 9.95. The topological polar surface area (TPSA) is 29.3 Å². The van der Waals surface area contributed by atoms with Crippen molar-refractivity contribution in [3.63, 3.8) is 0 Å². The molecule has 2 nitrogen and oxygen atoms in total. The lowest BCUT2D eigenvalue weighted by molar-refractivity contribution is 0.203. The van der Waals surface area contributed by atoms with Gasteiger partial charge in [-0.15, -0.1) is 0 Å². The van der Waals surface area contributed by atoms with Gasteiger partial charge in [0.15, 0.2) is 0 Å². The quantitative estimate of drug-likeness (QED) is 0.884. The van der Waals surface area contributed by atoms with Gasteiger partial charge in [0, 0.05) is 18.6 Å². The number of hydrogen-bond donors (Lipinski definition) is 1. The van der Waals surface area contributed by atoms with Crippen molar-refractivity contribution in [1.82, 2.24) is 4.90 Å². The van der Waals surface area contributed by atoms with Crippen LogP contribution in [0.2, 0.25) is 0 Å². The minimum Gasteiger partial charge on any atom is -0.326 e. The molecule has 1 heterocycles. The molecule has 1 saturated heterocycles. The summed E-state index contributed by atoms with van der Waals surface area (Å²) in [6.45, 7) is 9.06. The van der Waals surface area contributed by atoms with Gasteiger partial charge in [0.05, 0.1) is 0 Å². The zero-order chi connectivity index (χ0) is 13.1. The molecular formula is C16H26N2. The first-order valence-corrected chi connectivity index (χ1v) is 7.18. The third-order valence-corrected chi connectivity index (χ3v) is 4.11. The number of likely N-dealkylation sites (tertiary alicyclic amines) is 1. The molecule has 0 amide bonds. The summed E-state index contributed by atoms with van der Waals surface area (Å²) in [5.41, 5.74) is 9.10. The molecule has 0 saturated carbocycles. The van der Waals surface area contributed by atoms with Crippen molar-refractivity contribution >= 4 is 0 Å². The van der Waals surface area contributed by atoms with Gasteiger partial charge in [-0.25, -0.2) is 0 Å². The van der Waals surface area contributed by atoms with Crippen LogP contribution >= 0.6 is 0 Å². The first-order valence-electron chi connectivity index (χ1n) is 7.18. The summed E-state index contributed by atoms with van der Waals surface area (Å²) in [6, 6.07) is 9.46. The van der Waals surface area contributed by atoms with Crippen LogP contribution in [0.5, 0.6) is 0 Å². The van der Waals surface area contributed by atoms with Crippen LogP contribution in [0.15, 0.2) is 24.3 Å². The van der Waals surface area contributed by atoms with Gasteiger partial charge >= 0.3 is 0 Å². The lowest BCUT2D eigenvalue weighted by Crippen LogP contribution is -2.39. The van der Waals surface area contributed by atoms with Gasteiger partial charge in [-0.3, -0.25) is 4.90 Å². The van der Waals surface area contributed by atoms with E-state index in [1.54, 1.807) is 0 Å². The van der Waals surface area contributed by atoms with Crippen LogP contribution in [0.3, 0.4) is 0 Å². The van der Waals surface area contributed by atoms with Crippen molar-refractivity contribution < 1.29 is 0 Å². The monoisotopic (exact) mass is 246 g/mol. The maximum absolute atomic E-state index is 6.38. The van der Waals surface area contributed by atoms with Crippen molar-refractivity contribution in [2.24, 2.45) is 11.7 Å². The third kappa shape index (κ3) is 2.93. The number of rotatable bonds is 4. The minimum absolute atomic E-state index is 0.233. The first kappa shape index (κ1) is 13.6. The highest BCUT2D eigenvalue weighted by molar-refractivity contribution is 5.26. The fourth-order valence-corrected chi connectivity index (χ4v) is 3.03. The molecule has 3 atom stereocenters. The van der Waals surface area contributed by atoms with Crippen LogP contribution in [0.1, 0.15) is 43.9 Å². The Morgan fingerprint density at radius 3 is 2.78 bits per heavy atom. The Morgan fingerprint density at radius 1 is 1.44 bits per heavy atom. The van der Waals surface area contributed by atoms with E-state index in [-0.39, 0.29) is 6.04 Å². The van der Waals surface area contributed by atoms with E-state index in [2.05, 4.69) is 49.9 Å². The summed E-state index contributed by atoms with van der Waals surface area (Å²) >= 11 is 0. The fourth-order valence-electron chi connectivity index (χ4n) is 3.03. The Morgan fingerprint density at radius 2 is 2.22 bits per heavy atom. The van der Waals surface area contributed by atoms with Crippen LogP contribution < -0.4 is 5.73 Å². The highest BCUT2D eigenvalue weighted by atomic mass is 15.2. The van der Waals surface area contributed by atoms with Crippen molar-refractivity contribution in [2.45, 2.75) is 45.7 Å². The standard InChI is InChI=1S/C16H26N2/c1-4-15(17)16(18-9-8-13(3)11-18)14-7-5-6-12(2)10-14/h5-7,10,13,15-16H,4,8-9,11,17H2,1-3H3. The molecule has 0 bridgehead atoms. The second-order valence-corrected chi connectivity index (χ2v) is 5.82. The predicted octanol–water partition coefficient (Wildman–Crippen LogP) is 3.12. The molecule has 1 fully saturated rings. The number of benzene rings is 1. The molecule has 0 aliphatic carbocycles. The largest absolute Gasteiger partial charge is 0.326 e. The molecule has 3 unspecified atom stereocenters. The Bertz CT molecular complexity index is 388. The van der Waals surface area contributed by atoms with E-state index in [1.807, 2.05) is 0 Å². The molecule has 100 valence electrons. The van der Waals surface area contributed by atoms with E-state index in [0.717, 1.165) is 12.3 Å². The molecular weight excluding hydrogens is 220 g/mol. The van der Waals surface area contributed by atoms with Crippen molar-refractivity contribution in [3.8, 4) is 0 Å². The Labute approximate surface area is 111 Å². The predicted molar refractivity (Wildman–Crippen MR) is 77.5 cm³/mol. The molecule has 2 heteroatoms. The van der Waals surface area contributed by atoms with Crippen LogP contribution in [0.25, 0.3) is 0 Å². The molecule has 0 spiro atoms. The van der Waals surface area contributed by atoms with Crippen LogP contribution in [-0.4, -0.2) is 24.0 Å². The molecule has 1 aliphatic rings. The van der Waals surface area contributed by atoms with Gasteiger partial charge in [-0.2, -0.15) is 0 Å². The summed E-state index contributed by atoms with van der Waals surface area (Å²) in [4.78, 5) is 2.58. The van der Waals surface area contributed by atoms with E-state index in [1.165, 1.54) is 30.6 Å². The summed E-state index contributed by atoms with van der Waals surface area (Å²) in [5.74, 6) is 0.807. The Balaban J connectivity index is 2.25. The molecule has 2 rings (SSSR count). The van der Waals surface area contributed by atoms with E-state index in [4.69, 9.17) is 5.73 Å². The van der Waals surface area contributed by atoms with Gasteiger partial charge in [0.1, 0.15) is 0 Å². The zero-order valence-corrected chi connectivity index (χ0v) is 11.9. The summed E-state index contributed by atoms with van der Waals surface area (Å²) < 4.78 is 0. The fraction of sp³-hybridized carbons (Fsp3) is 0.625. The van der Waals surface area contributed by atoms with Gasteiger partial charge in [-0.05, 0) is 37.8 Å². The lowest BCUT2D eigenvalue weighted by Gasteiger charge is -2.33. The van der Waals surface area contributed by atoms with Crippen molar-refractivity contribution in [2.75, 3.05) is 13.1 Å². The summed E-state index contributed by atoms with van der Waals surface area (Å²) in [5, 5.41) is 0. The third-order valence-electron chi connectivity index (χ3n) is 4.11. The smallest absolute Gasteiger partial charge is 0.0499 e. The second kappa shape index (κ2) is 5.85. The van der Waals surface area contributed by atoms with Crippen LogP contribution in [0.4, 0.5) is 0 Å². The Hall–Kier alpha value is -0.860. The number of nitrogens with zero attached hydrogens (tertiary/aromatic N) is 1. The van der Waals surface area contributed by atoms with Crippen molar-refractivity contribution in [1.29, 1.82) is 0 Å². The van der Waals surface area contributed by atoms with Gasteiger partial charge < -0.3 is 5.73 Å². The minimum atomic E-state index is 0.233. The second-order valence-electron chi connectivity index (χ2n) is 5.82. The number of nitrogens with two attached hydrogens (primary N) is 1.